The van der Waals surface area contributed by atoms with Crippen LogP contribution in [0.2, 0.25) is 0 Å². The van der Waals surface area contributed by atoms with Crippen molar-refractivity contribution >= 4 is 39.5 Å². The molecule has 0 atom stereocenters. The number of benzene rings is 1. The Morgan fingerprint density at radius 1 is 1.21 bits per heavy atom. The zero-order valence-corrected chi connectivity index (χ0v) is 19.0. The normalized spacial score (nSPS) is 18.8. The first-order valence-electron chi connectivity index (χ1n) is 10.2. The highest BCUT2D eigenvalue weighted by atomic mass is 32.2. The molecule has 174 valence electrons. The third-order valence-electron chi connectivity index (χ3n) is 5.04. The number of allylic oxidation sites excluding steroid dienone is 5. The molecule has 0 unspecified atom stereocenters. The first-order valence-corrected chi connectivity index (χ1v) is 11.8. The minimum atomic E-state index is -4.30. The number of hydrazone groups is 1. The fourth-order valence-electron chi connectivity index (χ4n) is 3.54. The molecule has 1 amide bonds. The van der Waals surface area contributed by atoms with E-state index < -0.39 is 34.3 Å². The van der Waals surface area contributed by atoms with Crippen molar-refractivity contribution in [1.29, 1.82) is 0 Å². The Balaban J connectivity index is 1.84. The maximum absolute atomic E-state index is 12.4. The van der Waals surface area contributed by atoms with Crippen molar-refractivity contribution in [2.45, 2.75) is 20.3 Å². The van der Waals surface area contributed by atoms with Gasteiger partial charge in [-0.1, -0.05) is 35.9 Å². The molecule has 2 aliphatic rings. The van der Waals surface area contributed by atoms with Crippen LogP contribution in [-0.2, 0) is 19.7 Å². The van der Waals surface area contributed by atoms with E-state index in [-0.39, 0.29) is 6.42 Å². The maximum Gasteiger partial charge on any atom is 0.276 e. The average molecular weight is 470 g/mol. The first kappa shape index (κ1) is 24.1. The molecule has 0 saturated heterocycles. The van der Waals surface area contributed by atoms with Gasteiger partial charge in [0.1, 0.15) is 0 Å². The van der Waals surface area contributed by atoms with Crippen molar-refractivity contribution in [3.63, 3.8) is 0 Å². The van der Waals surface area contributed by atoms with E-state index in [1.54, 1.807) is 26.0 Å². The smallest absolute Gasteiger partial charge is 0.276 e. The van der Waals surface area contributed by atoms with E-state index in [0.717, 1.165) is 27.5 Å². The van der Waals surface area contributed by atoms with E-state index in [9.17, 15) is 27.7 Å². The van der Waals surface area contributed by atoms with E-state index >= 15 is 0 Å². The Labute approximate surface area is 192 Å². The van der Waals surface area contributed by atoms with Gasteiger partial charge >= 0.3 is 0 Å². The first-order chi connectivity index (χ1) is 15.5. The molecule has 2 aliphatic heterocycles. The number of fused-ring (bicyclic) bond motifs is 1. The van der Waals surface area contributed by atoms with Crippen LogP contribution in [0.15, 0.2) is 70.5 Å². The van der Waals surface area contributed by atoms with Gasteiger partial charge in [-0.25, -0.2) is 13.4 Å². The molecular formula is C23H23N3O6S-2. The second kappa shape index (κ2) is 9.97. The quantitative estimate of drug-likeness (QED) is 0.412. The minimum Gasteiger partial charge on any atom is -0.748 e. The van der Waals surface area contributed by atoms with Crippen LogP contribution in [-0.4, -0.2) is 54.4 Å². The molecule has 1 aromatic carbocycles. The summed E-state index contributed by atoms with van der Waals surface area (Å²) in [5, 5.41) is 15.6. The number of carboxylic acids is 1. The number of anilines is 1. The zero-order chi connectivity index (χ0) is 24.2. The Kier molecular flexibility index (Phi) is 7.29. The molecule has 2 heterocycles. The van der Waals surface area contributed by atoms with E-state index in [1.165, 1.54) is 0 Å². The van der Waals surface area contributed by atoms with E-state index in [4.69, 9.17) is 0 Å². The van der Waals surface area contributed by atoms with Crippen molar-refractivity contribution < 1.29 is 27.7 Å². The number of para-hydroxylation sites is 1. The maximum atomic E-state index is 12.4. The van der Waals surface area contributed by atoms with Crippen LogP contribution in [0.25, 0.3) is 6.08 Å². The Bertz CT molecular complexity index is 1220. The van der Waals surface area contributed by atoms with Gasteiger partial charge in [0, 0.05) is 23.7 Å². The third-order valence-corrected chi connectivity index (χ3v) is 5.83. The summed E-state index contributed by atoms with van der Waals surface area (Å²) in [5.41, 5.74) is 4.09. The predicted octanol–water partition coefficient (Wildman–Crippen LogP) is 1.18. The molecule has 0 aromatic heterocycles. The minimum absolute atomic E-state index is 0.177. The van der Waals surface area contributed by atoms with Gasteiger partial charge in [0.2, 0.25) is 0 Å². The topological polar surface area (TPSA) is 133 Å². The number of amides is 1. The van der Waals surface area contributed by atoms with Crippen molar-refractivity contribution in [3.05, 3.63) is 71.0 Å². The summed E-state index contributed by atoms with van der Waals surface area (Å²) in [6, 6.07) is 7.64. The van der Waals surface area contributed by atoms with E-state index in [2.05, 4.69) is 5.10 Å². The van der Waals surface area contributed by atoms with Crippen LogP contribution in [0.3, 0.4) is 0 Å². The highest BCUT2D eigenvalue weighted by Crippen LogP contribution is 2.31. The molecule has 9 nitrogen and oxygen atoms in total. The summed E-state index contributed by atoms with van der Waals surface area (Å²) >= 11 is 0. The van der Waals surface area contributed by atoms with E-state index in [0.29, 0.717) is 17.8 Å². The third kappa shape index (κ3) is 6.27. The van der Waals surface area contributed by atoms with Crippen molar-refractivity contribution in [2.75, 3.05) is 23.7 Å². The highest BCUT2D eigenvalue weighted by molar-refractivity contribution is 7.85. The fraction of sp³-hybridized carbons (Fsp3) is 0.261. The molecular weight excluding hydrogens is 446 g/mol. The molecule has 3 rings (SSSR count). The van der Waals surface area contributed by atoms with E-state index in [1.807, 2.05) is 47.4 Å². The molecule has 0 N–H and O–H groups in total. The second-order valence-corrected chi connectivity index (χ2v) is 9.16. The van der Waals surface area contributed by atoms with Gasteiger partial charge in [-0.05, 0) is 50.1 Å². The zero-order valence-electron chi connectivity index (χ0n) is 18.2. The number of carbonyl (C=O) groups excluding carboxylic acids is 2. The summed E-state index contributed by atoms with van der Waals surface area (Å²) < 4.78 is 33.1. The Hall–Kier alpha value is -3.50. The van der Waals surface area contributed by atoms with Crippen LogP contribution >= 0.6 is 0 Å². The monoisotopic (exact) mass is 469 g/mol. The number of carboxylic acid groups (broad SMARTS) is 1. The summed E-state index contributed by atoms with van der Waals surface area (Å²) in [6.07, 6.45) is 9.26. The number of hydrogen-bond donors (Lipinski definition) is 0. The van der Waals surface area contributed by atoms with Crippen LogP contribution < -0.4 is 10.0 Å². The molecule has 0 spiro atoms. The van der Waals surface area contributed by atoms with Gasteiger partial charge in [0.15, 0.2) is 0 Å². The lowest BCUT2D eigenvalue weighted by Crippen LogP contribution is -2.36. The Morgan fingerprint density at radius 2 is 1.94 bits per heavy atom. The van der Waals surface area contributed by atoms with Gasteiger partial charge < -0.3 is 19.4 Å². The number of carbonyl (C=O) groups is 2. The summed E-state index contributed by atoms with van der Waals surface area (Å²) in [7, 11) is -4.30. The number of rotatable bonds is 8. The largest absolute Gasteiger partial charge is 0.748 e. The van der Waals surface area contributed by atoms with Crippen LogP contribution in [0, 0.1) is 0 Å². The lowest BCUT2D eigenvalue weighted by atomic mass is 10.0. The SMILES string of the molecule is CC1=NN(CC(=O)[O-])C(=O)/C1=C/C(C)=C/C=C1\C=Cc2ccccc2N1CCCS(=O)(=O)[O-]. The summed E-state index contributed by atoms with van der Waals surface area (Å²) in [6.45, 7) is 3.14. The second-order valence-electron chi connectivity index (χ2n) is 7.64. The van der Waals surface area contributed by atoms with Crippen molar-refractivity contribution in [1.82, 2.24) is 5.01 Å². The molecule has 33 heavy (non-hydrogen) atoms. The molecule has 0 fully saturated rings. The molecule has 0 bridgehead atoms. The molecule has 1 aromatic rings. The van der Waals surface area contributed by atoms with Gasteiger partial charge in [0.25, 0.3) is 5.91 Å². The van der Waals surface area contributed by atoms with Crippen molar-refractivity contribution in [2.24, 2.45) is 5.10 Å². The lowest BCUT2D eigenvalue weighted by molar-refractivity contribution is -0.306. The van der Waals surface area contributed by atoms with Crippen LogP contribution in [0.5, 0.6) is 0 Å². The van der Waals surface area contributed by atoms with Gasteiger partial charge in [-0.2, -0.15) is 5.10 Å². The average Bonchev–Trinajstić information content (AvgIpc) is 2.98. The molecule has 0 aliphatic carbocycles. The molecule has 0 saturated carbocycles. The summed E-state index contributed by atoms with van der Waals surface area (Å²) in [4.78, 5) is 25.1. The fourth-order valence-corrected chi connectivity index (χ4v) is 4.02. The standard InChI is InChI=1S/C23H25N3O6S/c1-16(14-20-17(2)24-26(23(20)29)15-22(27)28)8-10-19-11-9-18-6-3-4-7-21(18)25(19)12-5-13-33(30,31)32/h3-4,6-11,14H,5,12-13,15H2,1-2H3,(H,27,28)(H,30,31,32)/p-2/b16-8+,19-10+,20-14+. The predicted molar refractivity (Wildman–Crippen MR) is 122 cm³/mol. The van der Waals surface area contributed by atoms with Crippen LogP contribution in [0.1, 0.15) is 25.8 Å². The Morgan fingerprint density at radius 3 is 2.64 bits per heavy atom. The van der Waals surface area contributed by atoms with Gasteiger partial charge in [-0.15, -0.1) is 0 Å². The number of aliphatic carboxylic acids is 1. The summed E-state index contributed by atoms with van der Waals surface area (Å²) in [5.74, 6) is -2.36. The van der Waals surface area contributed by atoms with Crippen molar-refractivity contribution in [3.8, 4) is 0 Å². The number of hydrogen-bond acceptors (Lipinski definition) is 8. The molecule has 0 radical (unpaired) electrons. The highest BCUT2D eigenvalue weighted by Gasteiger charge is 2.27. The number of nitrogens with zero attached hydrogens (tertiary/aromatic N) is 3. The molecule has 10 heteroatoms. The van der Waals surface area contributed by atoms with Crippen LogP contribution in [0.4, 0.5) is 5.69 Å². The lowest BCUT2D eigenvalue weighted by Gasteiger charge is -2.30. The van der Waals surface area contributed by atoms with Gasteiger partial charge in [-0.3, -0.25) is 4.79 Å². The van der Waals surface area contributed by atoms with Gasteiger partial charge in [0.05, 0.1) is 33.9 Å².